The molecule has 29 heavy (non-hydrogen) atoms. The summed E-state index contributed by atoms with van der Waals surface area (Å²) in [6.07, 6.45) is 0. The van der Waals surface area contributed by atoms with Crippen LogP contribution in [0.4, 0.5) is 0 Å². The van der Waals surface area contributed by atoms with Crippen molar-refractivity contribution in [2.75, 3.05) is 7.11 Å². The van der Waals surface area contributed by atoms with Crippen molar-refractivity contribution in [2.45, 2.75) is 24.8 Å². The van der Waals surface area contributed by atoms with Crippen molar-refractivity contribution in [3.05, 3.63) is 70.5 Å². The Morgan fingerprint density at radius 2 is 1.86 bits per heavy atom. The molecule has 148 valence electrons. The van der Waals surface area contributed by atoms with Gasteiger partial charge in [-0.1, -0.05) is 47.6 Å². The van der Waals surface area contributed by atoms with E-state index in [4.69, 9.17) is 16.3 Å². The highest BCUT2D eigenvalue weighted by Gasteiger charge is 2.18. The molecule has 2 aromatic carbocycles. The van der Waals surface area contributed by atoms with Gasteiger partial charge < -0.3 is 4.74 Å². The summed E-state index contributed by atoms with van der Waals surface area (Å²) >= 11 is 8.14. The van der Waals surface area contributed by atoms with Crippen molar-refractivity contribution in [3.63, 3.8) is 0 Å². The second-order valence-corrected chi connectivity index (χ2v) is 7.74. The van der Waals surface area contributed by atoms with Gasteiger partial charge in [-0.2, -0.15) is 9.78 Å². The second-order valence-electron chi connectivity index (χ2n) is 6.44. The van der Waals surface area contributed by atoms with Crippen LogP contribution in [0.1, 0.15) is 16.8 Å². The zero-order valence-electron chi connectivity index (χ0n) is 16.2. The molecule has 2 aromatic heterocycles. The molecule has 0 saturated heterocycles. The van der Waals surface area contributed by atoms with E-state index in [0.717, 1.165) is 28.2 Å². The number of aryl methyl sites for hydroxylation is 2. The van der Waals surface area contributed by atoms with Gasteiger partial charge in [-0.25, -0.2) is 4.68 Å². The van der Waals surface area contributed by atoms with Crippen LogP contribution in [-0.4, -0.2) is 37.1 Å². The summed E-state index contributed by atoms with van der Waals surface area (Å²) in [5.41, 5.74) is 4.63. The molecule has 0 amide bonds. The number of aromatic nitrogens is 6. The fourth-order valence-corrected chi connectivity index (χ4v) is 4.35. The highest BCUT2D eigenvalue weighted by atomic mass is 35.5. The van der Waals surface area contributed by atoms with E-state index in [9.17, 15) is 0 Å². The Hall–Kier alpha value is -2.84. The van der Waals surface area contributed by atoms with Gasteiger partial charge in [0.2, 0.25) is 5.16 Å². The smallest absolute Gasteiger partial charge is 0.214 e. The van der Waals surface area contributed by atoms with Gasteiger partial charge in [-0.05, 0) is 54.1 Å². The van der Waals surface area contributed by atoms with Crippen molar-refractivity contribution < 1.29 is 4.74 Å². The van der Waals surface area contributed by atoms with Crippen LogP contribution < -0.4 is 4.74 Å². The number of rotatable bonds is 6. The van der Waals surface area contributed by atoms with Gasteiger partial charge in [0.1, 0.15) is 16.6 Å². The maximum Gasteiger partial charge on any atom is 0.214 e. The van der Waals surface area contributed by atoms with Crippen LogP contribution in [0, 0.1) is 13.8 Å². The SMILES string of the molecule is COc1ccc(C)cc1-n1nnnc1SCc1c(C)nn(-c2ccccc2)c1Cl. The van der Waals surface area contributed by atoms with Gasteiger partial charge >= 0.3 is 0 Å². The summed E-state index contributed by atoms with van der Waals surface area (Å²) in [5.74, 6) is 1.29. The molecule has 0 N–H and O–H groups in total. The van der Waals surface area contributed by atoms with E-state index >= 15 is 0 Å². The summed E-state index contributed by atoms with van der Waals surface area (Å²) in [5, 5.41) is 18.0. The van der Waals surface area contributed by atoms with Crippen LogP contribution in [0.15, 0.2) is 53.7 Å². The Kier molecular flexibility index (Phi) is 5.55. The number of ether oxygens (including phenoxy) is 1. The molecule has 9 heteroatoms. The Labute approximate surface area is 177 Å². The van der Waals surface area contributed by atoms with E-state index in [1.54, 1.807) is 16.5 Å². The van der Waals surface area contributed by atoms with Crippen molar-refractivity contribution in [1.82, 2.24) is 30.0 Å². The van der Waals surface area contributed by atoms with Gasteiger partial charge in [-0.3, -0.25) is 0 Å². The molecule has 4 rings (SSSR count). The van der Waals surface area contributed by atoms with Crippen LogP contribution >= 0.6 is 23.4 Å². The molecular formula is C20H19ClN6OS. The molecular weight excluding hydrogens is 408 g/mol. The number of halogens is 1. The maximum atomic E-state index is 6.64. The Balaban J connectivity index is 1.62. The van der Waals surface area contributed by atoms with Crippen LogP contribution in [0.3, 0.4) is 0 Å². The summed E-state index contributed by atoms with van der Waals surface area (Å²) < 4.78 is 8.90. The lowest BCUT2D eigenvalue weighted by atomic mass is 10.2. The number of hydrogen-bond acceptors (Lipinski definition) is 6. The standard InChI is InChI=1S/C20H19ClN6OS/c1-13-9-10-18(28-3)17(11-13)27-20(22-24-25-27)29-12-16-14(2)23-26(19(16)21)15-7-5-4-6-8-15/h4-11H,12H2,1-3H3. The number of benzene rings is 2. The molecule has 0 atom stereocenters. The molecule has 0 fully saturated rings. The minimum Gasteiger partial charge on any atom is -0.494 e. The van der Waals surface area contributed by atoms with Crippen LogP contribution in [0.5, 0.6) is 5.75 Å². The Morgan fingerprint density at radius 3 is 2.62 bits per heavy atom. The number of hydrogen-bond donors (Lipinski definition) is 0. The molecule has 0 aliphatic heterocycles. The quantitative estimate of drug-likeness (QED) is 0.425. The first-order chi connectivity index (χ1) is 14.1. The normalized spacial score (nSPS) is 11.0. The monoisotopic (exact) mass is 426 g/mol. The average molecular weight is 427 g/mol. The van der Waals surface area contributed by atoms with Crippen molar-refractivity contribution >= 4 is 23.4 Å². The fraction of sp³-hybridized carbons (Fsp3) is 0.200. The van der Waals surface area contributed by atoms with Gasteiger partial charge in [0.25, 0.3) is 0 Å². The molecule has 4 aromatic rings. The summed E-state index contributed by atoms with van der Waals surface area (Å²) in [6.45, 7) is 3.97. The first kappa shape index (κ1) is 19.5. The summed E-state index contributed by atoms with van der Waals surface area (Å²) in [6, 6.07) is 15.7. The van der Waals surface area contributed by atoms with E-state index in [1.807, 2.05) is 62.4 Å². The summed E-state index contributed by atoms with van der Waals surface area (Å²) in [7, 11) is 1.63. The van der Waals surface area contributed by atoms with Gasteiger partial charge in [0.05, 0.1) is 18.5 Å². The zero-order chi connectivity index (χ0) is 20.4. The number of methoxy groups -OCH3 is 1. The van der Waals surface area contributed by atoms with Crippen molar-refractivity contribution in [1.29, 1.82) is 0 Å². The number of tetrazole rings is 1. The minimum absolute atomic E-state index is 0.589. The van der Waals surface area contributed by atoms with Crippen molar-refractivity contribution in [3.8, 4) is 17.1 Å². The largest absolute Gasteiger partial charge is 0.494 e. The fourth-order valence-electron chi connectivity index (χ4n) is 2.96. The molecule has 0 unspecified atom stereocenters. The molecule has 7 nitrogen and oxygen atoms in total. The zero-order valence-corrected chi connectivity index (χ0v) is 17.8. The van der Waals surface area contributed by atoms with E-state index in [2.05, 4.69) is 20.6 Å². The lowest BCUT2D eigenvalue weighted by Crippen LogP contribution is -2.02. The molecule has 0 spiro atoms. The third-order valence-corrected chi connectivity index (χ3v) is 5.81. The van der Waals surface area contributed by atoms with E-state index in [0.29, 0.717) is 21.8 Å². The first-order valence-corrected chi connectivity index (χ1v) is 10.3. The molecule has 0 bridgehead atoms. The molecule has 0 saturated carbocycles. The van der Waals surface area contributed by atoms with Crippen LogP contribution in [0.2, 0.25) is 5.15 Å². The highest BCUT2D eigenvalue weighted by Crippen LogP contribution is 2.32. The summed E-state index contributed by atoms with van der Waals surface area (Å²) in [4.78, 5) is 0. The lowest BCUT2D eigenvalue weighted by molar-refractivity contribution is 0.410. The second kappa shape index (κ2) is 8.26. The van der Waals surface area contributed by atoms with E-state index in [-0.39, 0.29) is 0 Å². The van der Waals surface area contributed by atoms with E-state index in [1.165, 1.54) is 11.8 Å². The maximum absolute atomic E-state index is 6.64. The molecule has 0 radical (unpaired) electrons. The van der Waals surface area contributed by atoms with Gasteiger partial charge in [-0.15, -0.1) is 5.10 Å². The molecule has 0 aliphatic carbocycles. The number of para-hydroxylation sites is 1. The van der Waals surface area contributed by atoms with Crippen LogP contribution in [0.25, 0.3) is 11.4 Å². The highest BCUT2D eigenvalue weighted by molar-refractivity contribution is 7.98. The average Bonchev–Trinajstić information content (AvgIpc) is 3.31. The minimum atomic E-state index is 0.589. The Morgan fingerprint density at radius 1 is 1.07 bits per heavy atom. The Bertz CT molecular complexity index is 1140. The predicted octanol–water partition coefficient (Wildman–Crippen LogP) is 4.42. The predicted molar refractivity (Wildman–Crippen MR) is 113 cm³/mol. The van der Waals surface area contributed by atoms with Gasteiger partial charge in [0.15, 0.2) is 0 Å². The van der Waals surface area contributed by atoms with Crippen LogP contribution in [-0.2, 0) is 5.75 Å². The van der Waals surface area contributed by atoms with Crippen molar-refractivity contribution in [2.24, 2.45) is 0 Å². The molecule has 2 heterocycles. The number of thioether (sulfide) groups is 1. The number of nitrogens with zero attached hydrogens (tertiary/aromatic N) is 6. The topological polar surface area (TPSA) is 70.7 Å². The first-order valence-electron chi connectivity index (χ1n) is 8.94. The molecule has 0 aliphatic rings. The van der Waals surface area contributed by atoms with E-state index < -0.39 is 0 Å². The van der Waals surface area contributed by atoms with Gasteiger partial charge in [0, 0.05) is 11.3 Å². The third kappa shape index (κ3) is 3.86. The third-order valence-electron chi connectivity index (χ3n) is 4.47. The lowest BCUT2D eigenvalue weighted by Gasteiger charge is -2.10.